The summed E-state index contributed by atoms with van der Waals surface area (Å²) in [5.41, 5.74) is 9.54. The summed E-state index contributed by atoms with van der Waals surface area (Å²) in [7, 11) is 0. The molecule has 0 amide bonds. The highest BCUT2D eigenvalue weighted by Crippen LogP contribution is 2.21. The molecule has 0 fully saturated rings. The monoisotopic (exact) mass is 318 g/mol. The largest absolute Gasteiger partial charge is 0.377 e. The van der Waals surface area contributed by atoms with Crippen LogP contribution in [0.4, 0.5) is 5.69 Å². The third-order valence-electron chi connectivity index (χ3n) is 3.21. The number of rotatable bonds is 5. The van der Waals surface area contributed by atoms with Gasteiger partial charge < -0.3 is 11.1 Å². The van der Waals surface area contributed by atoms with Crippen LogP contribution in [0, 0.1) is 0 Å². The molecule has 2 nitrogen and oxygen atoms in total. The first-order valence-corrected chi connectivity index (χ1v) is 7.33. The van der Waals surface area contributed by atoms with Gasteiger partial charge in [0.1, 0.15) is 0 Å². The minimum atomic E-state index is 0.145. The van der Waals surface area contributed by atoms with Crippen LogP contribution in [0.25, 0.3) is 0 Å². The van der Waals surface area contributed by atoms with Gasteiger partial charge in [0, 0.05) is 16.7 Å². The lowest BCUT2D eigenvalue weighted by Crippen LogP contribution is -2.20. The van der Waals surface area contributed by atoms with Crippen molar-refractivity contribution in [3.05, 3.63) is 64.1 Å². The Kier molecular flexibility index (Phi) is 5.00. The third kappa shape index (κ3) is 3.82. The number of hydrogen-bond acceptors (Lipinski definition) is 2. The van der Waals surface area contributed by atoms with Crippen molar-refractivity contribution in [3.8, 4) is 0 Å². The van der Waals surface area contributed by atoms with Gasteiger partial charge in [0.05, 0.1) is 6.04 Å². The lowest BCUT2D eigenvalue weighted by atomic mass is 10.0. The van der Waals surface area contributed by atoms with Crippen LogP contribution in [0.15, 0.2) is 53.0 Å². The van der Waals surface area contributed by atoms with Gasteiger partial charge in [0.15, 0.2) is 0 Å². The maximum atomic E-state index is 5.88. The maximum absolute atomic E-state index is 5.88. The van der Waals surface area contributed by atoms with Crippen LogP contribution in [-0.4, -0.2) is 6.54 Å². The second-order valence-corrected chi connectivity index (χ2v) is 5.45. The van der Waals surface area contributed by atoms with E-state index in [0.717, 1.165) is 16.6 Å². The Balaban J connectivity index is 2.12. The molecule has 0 spiro atoms. The van der Waals surface area contributed by atoms with E-state index in [1.165, 1.54) is 11.1 Å². The van der Waals surface area contributed by atoms with Crippen molar-refractivity contribution in [2.45, 2.75) is 19.4 Å². The number of anilines is 1. The third-order valence-corrected chi connectivity index (χ3v) is 3.74. The Bertz CT molecular complexity index is 505. The van der Waals surface area contributed by atoms with E-state index in [4.69, 9.17) is 5.73 Å². The number of hydrogen-bond donors (Lipinski definition) is 2. The molecule has 0 aromatic heterocycles. The standard InChI is InChI=1S/C16H19BrN2/c1-2-12-3-5-13(6-4-12)16(11-18)19-15-9-7-14(17)8-10-15/h3-10,16,19H,2,11,18H2,1H3. The van der Waals surface area contributed by atoms with Crippen LogP contribution in [0.2, 0.25) is 0 Å². The van der Waals surface area contributed by atoms with Crippen LogP contribution in [0.3, 0.4) is 0 Å². The first-order chi connectivity index (χ1) is 9.22. The number of halogens is 1. The fourth-order valence-corrected chi connectivity index (χ4v) is 2.28. The average Bonchev–Trinajstić information content (AvgIpc) is 2.47. The van der Waals surface area contributed by atoms with Crippen molar-refractivity contribution >= 4 is 21.6 Å². The summed E-state index contributed by atoms with van der Waals surface area (Å²) < 4.78 is 1.08. The van der Waals surface area contributed by atoms with Crippen molar-refractivity contribution < 1.29 is 0 Å². The molecule has 1 unspecified atom stereocenters. The van der Waals surface area contributed by atoms with Gasteiger partial charge in [-0.05, 0) is 41.8 Å². The molecule has 0 aliphatic heterocycles. The van der Waals surface area contributed by atoms with E-state index in [-0.39, 0.29) is 6.04 Å². The Morgan fingerprint density at radius 2 is 1.68 bits per heavy atom. The normalized spacial score (nSPS) is 12.2. The van der Waals surface area contributed by atoms with Crippen molar-refractivity contribution in [1.82, 2.24) is 0 Å². The molecule has 0 saturated carbocycles. The maximum Gasteiger partial charge on any atom is 0.0636 e. The van der Waals surface area contributed by atoms with Crippen LogP contribution in [0.5, 0.6) is 0 Å². The van der Waals surface area contributed by atoms with Gasteiger partial charge in [-0.3, -0.25) is 0 Å². The average molecular weight is 319 g/mol. The highest BCUT2D eigenvalue weighted by Gasteiger charge is 2.09. The van der Waals surface area contributed by atoms with Crippen LogP contribution < -0.4 is 11.1 Å². The Hall–Kier alpha value is -1.32. The van der Waals surface area contributed by atoms with Crippen molar-refractivity contribution in [1.29, 1.82) is 0 Å². The van der Waals surface area contributed by atoms with Gasteiger partial charge in [0.2, 0.25) is 0 Å². The lowest BCUT2D eigenvalue weighted by Gasteiger charge is -2.19. The van der Waals surface area contributed by atoms with Crippen LogP contribution >= 0.6 is 15.9 Å². The zero-order chi connectivity index (χ0) is 13.7. The molecular formula is C16H19BrN2. The first kappa shape index (κ1) is 14.1. The van der Waals surface area contributed by atoms with Gasteiger partial charge in [0.25, 0.3) is 0 Å². The lowest BCUT2D eigenvalue weighted by molar-refractivity contribution is 0.789. The highest BCUT2D eigenvalue weighted by molar-refractivity contribution is 9.10. The Morgan fingerprint density at radius 1 is 1.05 bits per heavy atom. The molecule has 2 aromatic rings. The Labute approximate surface area is 123 Å². The zero-order valence-corrected chi connectivity index (χ0v) is 12.7. The van der Waals surface area contributed by atoms with Crippen molar-refractivity contribution in [2.75, 3.05) is 11.9 Å². The number of aryl methyl sites for hydroxylation is 1. The van der Waals surface area contributed by atoms with Gasteiger partial charge in [-0.25, -0.2) is 0 Å². The van der Waals surface area contributed by atoms with Gasteiger partial charge in [-0.1, -0.05) is 47.1 Å². The molecule has 0 aliphatic rings. The minimum absolute atomic E-state index is 0.145. The summed E-state index contributed by atoms with van der Waals surface area (Å²) >= 11 is 3.44. The van der Waals surface area contributed by atoms with Crippen molar-refractivity contribution in [2.24, 2.45) is 5.73 Å². The SMILES string of the molecule is CCc1ccc(C(CN)Nc2ccc(Br)cc2)cc1. The molecule has 2 aromatic carbocycles. The van der Waals surface area contributed by atoms with Gasteiger partial charge in [-0.2, -0.15) is 0 Å². The summed E-state index contributed by atoms with van der Waals surface area (Å²) in [4.78, 5) is 0. The van der Waals surface area contributed by atoms with Crippen LogP contribution in [-0.2, 0) is 6.42 Å². The molecule has 0 aliphatic carbocycles. The molecule has 0 bridgehead atoms. The highest BCUT2D eigenvalue weighted by atomic mass is 79.9. The first-order valence-electron chi connectivity index (χ1n) is 6.54. The summed E-state index contributed by atoms with van der Waals surface area (Å²) in [6.45, 7) is 2.73. The zero-order valence-electron chi connectivity index (χ0n) is 11.1. The van der Waals surface area contributed by atoms with Gasteiger partial charge in [-0.15, -0.1) is 0 Å². The molecule has 19 heavy (non-hydrogen) atoms. The number of benzene rings is 2. The molecule has 0 radical (unpaired) electrons. The van der Waals surface area contributed by atoms with Gasteiger partial charge >= 0.3 is 0 Å². The second kappa shape index (κ2) is 6.73. The molecule has 2 rings (SSSR count). The fraction of sp³-hybridized carbons (Fsp3) is 0.250. The van der Waals surface area contributed by atoms with E-state index in [2.05, 4.69) is 52.4 Å². The molecule has 3 heteroatoms. The summed E-state index contributed by atoms with van der Waals surface area (Å²) in [5.74, 6) is 0. The number of nitrogens with one attached hydrogen (secondary N) is 1. The van der Waals surface area contributed by atoms with E-state index < -0.39 is 0 Å². The van der Waals surface area contributed by atoms with Crippen molar-refractivity contribution in [3.63, 3.8) is 0 Å². The molecule has 100 valence electrons. The number of nitrogens with two attached hydrogens (primary N) is 1. The quantitative estimate of drug-likeness (QED) is 0.870. The summed E-state index contributed by atoms with van der Waals surface area (Å²) in [5, 5.41) is 3.46. The van der Waals surface area contributed by atoms with E-state index in [1.807, 2.05) is 24.3 Å². The van der Waals surface area contributed by atoms with E-state index in [0.29, 0.717) is 6.54 Å². The molecular weight excluding hydrogens is 300 g/mol. The minimum Gasteiger partial charge on any atom is -0.377 e. The molecule has 0 saturated heterocycles. The fourth-order valence-electron chi connectivity index (χ4n) is 2.01. The summed E-state index contributed by atoms with van der Waals surface area (Å²) in [6, 6.07) is 16.9. The predicted molar refractivity (Wildman–Crippen MR) is 85.4 cm³/mol. The van der Waals surface area contributed by atoms with Crippen LogP contribution in [0.1, 0.15) is 24.1 Å². The second-order valence-electron chi connectivity index (χ2n) is 4.53. The van der Waals surface area contributed by atoms with E-state index in [9.17, 15) is 0 Å². The molecule has 0 heterocycles. The predicted octanol–water partition coefficient (Wildman–Crippen LogP) is 4.12. The molecule has 1 atom stereocenters. The van der Waals surface area contributed by atoms with E-state index in [1.54, 1.807) is 0 Å². The topological polar surface area (TPSA) is 38.0 Å². The Morgan fingerprint density at radius 3 is 2.21 bits per heavy atom. The summed E-state index contributed by atoms with van der Waals surface area (Å²) in [6.07, 6.45) is 1.06. The molecule has 3 N–H and O–H groups in total. The smallest absolute Gasteiger partial charge is 0.0636 e. The van der Waals surface area contributed by atoms with E-state index >= 15 is 0 Å².